The Morgan fingerprint density at radius 3 is 2.35 bits per heavy atom. The summed E-state index contributed by atoms with van der Waals surface area (Å²) in [5.74, 6) is 0.824. The quantitative estimate of drug-likeness (QED) is 0.769. The highest BCUT2D eigenvalue weighted by molar-refractivity contribution is 6.32. The molecule has 0 unspecified atom stereocenters. The molecule has 0 aliphatic carbocycles. The van der Waals surface area contributed by atoms with Gasteiger partial charge < -0.3 is 9.64 Å². The Labute approximate surface area is 110 Å². The molecule has 0 amide bonds. The largest absolute Gasteiger partial charge is 0.490 e. The van der Waals surface area contributed by atoms with Crippen molar-refractivity contribution in [1.29, 1.82) is 0 Å². The van der Waals surface area contributed by atoms with E-state index in [4.69, 9.17) is 16.3 Å². The molecule has 0 fully saturated rings. The number of rotatable bonds is 6. The predicted molar refractivity (Wildman–Crippen MR) is 74.2 cm³/mol. The maximum Gasteiger partial charge on any atom is 0.140 e. The second kappa shape index (κ2) is 6.87. The third-order valence-corrected chi connectivity index (χ3v) is 3.20. The Kier molecular flexibility index (Phi) is 5.79. The predicted octanol–water partition coefficient (Wildman–Crippen LogP) is 3.68. The fourth-order valence-corrected chi connectivity index (χ4v) is 2.28. The van der Waals surface area contributed by atoms with Crippen LogP contribution in [0.4, 0.5) is 0 Å². The number of aryl methyl sites for hydroxylation is 2. The summed E-state index contributed by atoms with van der Waals surface area (Å²) in [6.07, 6.45) is 0. The van der Waals surface area contributed by atoms with Gasteiger partial charge in [0.05, 0.1) is 5.02 Å². The molecule has 96 valence electrons. The first kappa shape index (κ1) is 14.3. The molecule has 17 heavy (non-hydrogen) atoms. The topological polar surface area (TPSA) is 12.5 Å². The van der Waals surface area contributed by atoms with Gasteiger partial charge in [-0.15, -0.1) is 0 Å². The molecule has 0 bridgehead atoms. The zero-order valence-corrected chi connectivity index (χ0v) is 12.0. The Morgan fingerprint density at radius 1 is 1.18 bits per heavy atom. The van der Waals surface area contributed by atoms with Crippen LogP contribution in [0, 0.1) is 13.8 Å². The average Bonchev–Trinajstić information content (AvgIpc) is 2.27. The van der Waals surface area contributed by atoms with Crippen molar-refractivity contribution in [3.63, 3.8) is 0 Å². The van der Waals surface area contributed by atoms with Gasteiger partial charge in [-0.3, -0.25) is 0 Å². The van der Waals surface area contributed by atoms with Gasteiger partial charge in [-0.25, -0.2) is 0 Å². The maximum atomic E-state index is 6.18. The summed E-state index contributed by atoms with van der Waals surface area (Å²) < 4.78 is 5.78. The zero-order chi connectivity index (χ0) is 12.8. The molecule has 1 rings (SSSR count). The normalized spacial score (nSPS) is 10.9. The molecule has 0 saturated carbocycles. The summed E-state index contributed by atoms with van der Waals surface area (Å²) in [7, 11) is 0. The second-order valence-electron chi connectivity index (χ2n) is 4.27. The molecule has 0 spiro atoms. The van der Waals surface area contributed by atoms with Gasteiger partial charge >= 0.3 is 0 Å². The molecule has 0 N–H and O–H groups in total. The van der Waals surface area contributed by atoms with Gasteiger partial charge in [0, 0.05) is 6.54 Å². The van der Waals surface area contributed by atoms with Crippen molar-refractivity contribution in [1.82, 2.24) is 4.90 Å². The molecule has 1 aromatic carbocycles. The van der Waals surface area contributed by atoms with Gasteiger partial charge in [-0.1, -0.05) is 31.5 Å². The van der Waals surface area contributed by atoms with Gasteiger partial charge in [0.25, 0.3) is 0 Å². The lowest BCUT2D eigenvalue weighted by Gasteiger charge is -2.19. The molecular weight excluding hydrogens is 234 g/mol. The second-order valence-corrected chi connectivity index (χ2v) is 4.68. The van der Waals surface area contributed by atoms with Crippen LogP contribution in [0.15, 0.2) is 12.1 Å². The van der Waals surface area contributed by atoms with Crippen molar-refractivity contribution in [3.8, 4) is 5.75 Å². The van der Waals surface area contributed by atoms with Gasteiger partial charge in [0.2, 0.25) is 0 Å². The van der Waals surface area contributed by atoms with Gasteiger partial charge in [-0.2, -0.15) is 0 Å². The van der Waals surface area contributed by atoms with Crippen molar-refractivity contribution in [2.45, 2.75) is 27.7 Å². The van der Waals surface area contributed by atoms with Crippen molar-refractivity contribution >= 4 is 11.6 Å². The van der Waals surface area contributed by atoms with Crippen LogP contribution in [0.3, 0.4) is 0 Å². The SMILES string of the molecule is CCN(CC)CCOc1c(C)cc(C)cc1Cl. The van der Waals surface area contributed by atoms with Gasteiger partial charge in [0.15, 0.2) is 0 Å². The fourth-order valence-electron chi connectivity index (χ4n) is 1.90. The number of halogens is 1. The Bertz CT molecular complexity index is 338. The Morgan fingerprint density at radius 2 is 1.82 bits per heavy atom. The number of likely N-dealkylation sites (N-methyl/N-ethyl adjacent to an activating group) is 1. The van der Waals surface area contributed by atoms with Crippen LogP contribution in [-0.4, -0.2) is 31.1 Å². The van der Waals surface area contributed by atoms with Crippen LogP contribution in [-0.2, 0) is 0 Å². The number of benzene rings is 1. The molecule has 0 aromatic heterocycles. The Hall–Kier alpha value is -0.730. The van der Waals surface area contributed by atoms with Crippen molar-refractivity contribution in [2.75, 3.05) is 26.2 Å². The maximum absolute atomic E-state index is 6.18. The summed E-state index contributed by atoms with van der Waals surface area (Å²) in [6, 6.07) is 4.04. The smallest absolute Gasteiger partial charge is 0.140 e. The number of hydrogen-bond acceptors (Lipinski definition) is 2. The van der Waals surface area contributed by atoms with Crippen LogP contribution in [0.25, 0.3) is 0 Å². The van der Waals surface area contributed by atoms with E-state index in [0.717, 1.165) is 30.9 Å². The van der Waals surface area contributed by atoms with Crippen LogP contribution in [0.1, 0.15) is 25.0 Å². The molecular formula is C14H22ClNO. The minimum atomic E-state index is 0.686. The summed E-state index contributed by atoms with van der Waals surface area (Å²) in [5, 5.41) is 0.710. The van der Waals surface area contributed by atoms with Crippen molar-refractivity contribution in [2.24, 2.45) is 0 Å². The van der Waals surface area contributed by atoms with Crippen LogP contribution in [0.5, 0.6) is 5.75 Å². The first-order chi connectivity index (χ1) is 8.08. The number of hydrogen-bond donors (Lipinski definition) is 0. The third-order valence-electron chi connectivity index (χ3n) is 2.92. The molecule has 0 heterocycles. The zero-order valence-electron chi connectivity index (χ0n) is 11.2. The molecule has 1 aromatic rings. The third kappa shape index (κ3) is 4.21. The van der Waals surface area contributed by atoms with E-state index in [1.54, 1.807) is 0 Å². The molecule has 3 heteroatoms. The average molecular weight is 256 g/mol. The van der Waals surface area contributed by atoms with Crippen molar-refractivity contribution < 1.29 is 4.74 Å². The molecule has 2 nitrogen and oxygen atoms in total. The van der Waals surface area contributed by atoms with E-state index in [9.17, 15) is 0 Å². The highest BCUT2D eigenvalue weighted by Crippen LogP contribution is 2.29. The fraction of sp³-hybridized carbons (Fsp3) is 0.571. The van der Waals surface area contributed by atoms with Gasteiger partial charge in [0.1, 0.15) is 12.4 Å². The summed E-state index contributed by atoms with van der Waals surface area (Å²) in [4.78, 5) is 2.33. The summed E-state index contributed by atoms with van der Waals surface area (Å²) in [5.41, 5.74) is 2.28. The van der Waals surface area contributed by atoms with E-state index in [-0.39, 0.29) is 0 Å². The van der Waals surface area contributed by atoms with E-state index >= 15 is 0 Å². The van der Waals surface area contributed by atoms with E-state index in [2.05, 4.69) is 24.8 Å². The standard InChI is InChI=1S/C14H22ClNO/c1-5-16(6-2)7-8-17-14-12(4)9-11(3)10-13(14)15/h9-10H,5-8H2,1-4H3. The van der Waals surface area contributed by atoms with Crippen LogP contribution in [0.2, 0.25) is 5.02 Å². The lowest BCUT2D eigenvalue weighted by Crippen LogP contribution is -2.28. The van der Waals surface area contributed by atoms with Gasteiger partial charge in [-0.05, 0) is 44.1 Å². The van der Waals surface area contributed by atoms with E-state index < -0.39 is 0 Å². The molecule has 0 aliphatic rings. The minimum Gasteiger partial charge on any atom is -0.490 e. The number of nitrogens with zero attached hydrogens (tertiary/aromatic N) is 1. The molecule has 0 saturated heterocycles. The van der Waals surface area contributed by atoms with E-state index in [1.165, 1.54) is 5.56 Å². The molecule has 0 aliphatic heterocycles. The molecule has 0 atom stereocenters. The summed E-state index contributed by atoms with van der Waals surface area (Å²) >= 11 is 6.18. The number of ether oxygens (including phenoxy) is 1. The van der Waals surface area contributed by atoms with Crippen LogP contribution < -0.4 is 4.74 Å². The lowest BCUT2D eigenvalue weighted by atomic mass is 10.1. The minimum absolute atomic E-state index is 0.686. The first-order valence-electron chi connectivity index (χ1n) is 6.20. The highest BCUT2D eigenvalue weighted by atomic mass is 35.5. The van der Waals surface area contributed by atoms with Crippen LogP contribution >= 0.6 is 11.6 Å². The first-order valence-corrected chi connectivity index (χ1v) is 6.58. The lowest BCUT2D eigenvalue weighted by molar-refractivity contribution is 0.222. The Balaban J connectivity index is 2.58. The monoisotopic (exact) mass is 255 g/mol. The highest BCUT2D eigenvalue weighted by Gasteiger charge is 2.07. The van der Waals surface area contributed by atoms with Crippen molar-refractivity contribution in [3.05, 3.63) is 28.3 Å². The van der Waals surface area contributed by atoms with E-state index in [0.29, 0.717) is 11.6 Å². The molecule has 0 radical (unpaired) electrons. The van der Waals surface area contributed by atoms with E-state index in [1.807, 2.05) is 19.9 Å². The summed E-state index contributed by atoms with van der Waals surface area (Å²) in [6.45, 7) is 12.1.